The van der Waals surface area contributed by atoms with Crippen LogP contribution in [0.2, 0.25) is 5.02 Å². The van der Waals surface area contributed by atoms with E-state index in [1.54, 1.807) is 25.3 Å². The lowest BCUT2D eigenvalue weighted by molar-refractivity contribution is -0.129. The molecule has 1 amide bonds. The summed E-state index contributed by atoms with van der Waals surface area (Å²) in [6, 6.07) is 3.90. The Morgan fingerprint density at radius 1 is 1.43 bits per heavy atom. The number of nitrogens with zero attached hydrogens (tertiary/aromatic N) is 1. The molecule has 0 aromatic heterocycles. The van der Waals surface area contributed by atoms with Gasteiger partial charge in [0.25, 0.3) is 0 Å². The van der Waals surface area contributed by atoms with E-state index in [9.17, 15) is 4.79 Å². The number of hydrogen-bond donors (Lipinski definition) is 0. The fourth-order valence-electron chi connectivity index (χ4n) is 2.81. The summed E-state index contributed by atoms with van der Waals surface area (Å²) in [6.45, 7) is 5.33. The Balaban J connectivity index is 2.15. The number of halogens is 1. The van der Waals surface area contributed by atoms with Gasteiger partial charge in [-0.25, -0.2) is 0 Å². The number of piperidine rings is 1. The zero-order valence-electron chi connectivity index (χ0n) is 14.0. The van der Waals surface area contributed by atoms with Crippen LogP contribution in [0.3, 0.4) is 0 Å². The number of likely N-dealkylation sites (tertiary alicyclic amines) is 1. The molecule has 0 saturated carbocycles. The van der Waals surface area contributed by atoms with Crippen LogP contribution >= 0.6 is 11.6 Å². The summed E-state index contributed by atoms with van der Waals surface area (Å²) in [4.78, 5) is 14.3. The van der Waals surface area contributed by atoms with Gasteiger partial charge in [0.2, 0.25) is 5.91 Å². The molecule has 1 aromatic rings. The summed E-state index contributed by atoms with van der Waals surface area (Å²) >= 11 is 6.25. The maximum atomic E-state index is 12.3. The van der Waals surface area contributed by atoms with Crippen molar-refractivity contribution in [2.45, 2.75) is 39.2 Å². The molecule has 1 unspecified atom stereocenters. The fourth-order valence-corrected chi connectivity index (χ4v) is 3.08. The van der Waals surface area contributed by atoms with Crippen LogP contribution in [0.15, 0.2) is 18.2 Å². The molecule has 0 radical (unpaired) electrons. The molecule has 0 bridgehead atoms. The Morgan fingerprint density at radius 3 is 2.87 bits per heavy atom. The predicted octanol–water partition coefficient (Wildman–Crippen LogP) is 4.16. The van der Waals surface area contributed by atoms with Crippen molar-refractivity contribution < 1.29 is 14.3 Å². The summed E-state index contributed by atoms with van der Waals surface area (Å²) in [5.74, 6) is 1.14. The van der Waals surface area contributed by atoms with Crippen molar-refractivity contribution in [3.8, 4) is 11.5 Å². The number of methoxy groups -OCH3 is 1. The highest BCUT2D eigenvalue weighted by Crippen LogP contribution is 2.36. The molecular weight excluding hydrogens is 314 g/mol. The lowest BCUT2D eigenvalue weighted by atomic mass is 10.0. The van der Waals surface area contributed by atoms with Crippen molar-refractivity contribution in [3.05, 3.63) is 28.8 Å². The van der Waals surface area contributed by atoms with E-state index in [0.29, 0.717) is 29.2 Å². The Labute approximate surface area is 143 Å². The van der Waals surface area contributed by atoms with Crippen molar-refractivity contribution >= 4 is 23.6 Å². The highest BCUT2D eigenvalue weighted by molar-refractivity contribution is 6.32. The van der Waals surface area contributed by atoms with E-state index < -0.39 is 0 Å². The Bertz CT molecular complexity index is 586. The van der Waals surface area contributed by atoms with Crippen LogP contribution in [0.25, 0.3) is 6.08 Å². The average molecular weight is 338 g/mol. The van der Waals surface area contributed by atoms with Crippen LogP contribution in [-0.4, -0.2) is 37.1 Å². The second kappa shape index (κ2) is 8.25. The van der Waals surface area contributed by atoms with Gasteiger partial charge in [0.05, 0.1) is 18.7 Å². The summed E-state index contributed by atoms with van der Waals surface area (Å²) in [7, 11) is 1.57. The van der Waals surface area contributed by atoms with Crippen LogP contribution in [0.1, 0.15) is 38.7 Å². The largest absolute Gasteiger partial charge is 0.493 e. The molecule has 0 N–H and O–H groups in total. The molecule has 1 atom stereocenters. The van der Waals surface area contributed by atoms with Crippen LogP contribution in [0.5, 0.6) is 11.5 Å². The maximum Gasteiger partial charge on any atom is 0.246 e. The number of carbonyl (C=O) groups excluding carboxylic acids is 1. The van der Waals surface area contributed by atoms with Gasteiger partial charge < -0.3 is 14.4 Å². The second-order valence-electron chi connectivity index (χ2n) is 5.68. The van der Waals surface area contributed by atoms with Gasteiger partial charge in [-0.2, -0.15) is 0 Å². The lowest BCUT2D eigenvalue weighted by Crippen LogP contribution is -2.41. The summed E-state index contributed by atoms with van der Waals surface area (Å²) in [5.41, 5.74) is 0.813. The predicted molar refractivity (Wildman–Crippen MR) is 93.2 cm³/mol. The van der Waals surface area contributed by atoms with Crippen molar-refractivity contribution in [1.29, 1.82) is 0 Å². The second-order valence-corrected chi connectivity index (χ2v) is 6.08. The zero-order valence-corrected chi connectivity index (χ0v) is 14.7. The Morgan fingerprint density at radius 2 is 2.22 bits per heavy atom. The highest BCUT2D eigenvalue weighted by Gasteiger charge is 2.21. The van der Waals surface area contributed by atoms with Gasteiger partial charge in [-0.3, -0.25) is 4.79 Å². The standard InChI is InChI=1S/C18H24ClNO3/c1-4-23-18-15(19)11-14(12-16(18)22-3)8-9-17(21)20-10-6-5-7-13(20)2/h8-9,11-13H,4-7,10H2,1-3H3/b9-8+. The first-order valence-corrected chi connectivity index (χ1v) is 8.43. The summed E-state index contributed by atoms with van der Waals surface area (Å²) < 4.78 is 10.8. The van der Waals surface area contributed by atoms with E-state index >= 15 is 0 Å². The first kappa shape index (κ1) is 17.7. The van der Waals surface area contributed by atoms with Gasteiger partial charge in [-0.05, 0) is 56.9 Å². The zero-order chi connectivity index (χ0) is 16.8. The van der Waals surface area contributed by atoms with E-state index in [2.05, 4.69) is 6.92 Å². The molecule has 5 heteroatoms. The van der Waals surface area contributed by atoms with Gasteiger partial charge in [-0.15, -0.1) is 0 Å². The minimum atomic E-state index is 0.0428. The minimum absolute atomic E-state index is 0.0428. The number of ether oxygens (including phenoxy) is 2. The van der Waals surface area contributed by atoms with Crippen molar-refractivity contribution in [1.82, 2.24) is 4.90 Å². The van der Waals surface area contributed by atoms with Gasteiger partial charge in [0.15, 0.2) is 11.5 Å². The molecule has 23 heavy (non-hydrogen) atoms. The first-order valence-electron chi connectivity index (χ1n) is 8.05. The number of amides is 1. The molecule has 1 aromatic carbocycles. The van der Waals surface area contributed by atoms with E-state index in [-0.39, 0.29) is 5.91 Å². The third-order valence-electron chi connectivity index (χ3n) is 4.04. The molecule has 1 aliphatic rings. The highest BCUT2D eigenvalue weighted by atomic mass is 35.5. The van der Waals surface area contributed by atoms with Gasteiger partial charge in [0.1, 0.15) is 0 Å². The van der Waals surface area contributed by atoms with Crippen LogP contribution in [0.4, 0.5) is 0 Å². The van der Waals surface area contributed by atoms with Crippen molar-refractivity contribution in [2.75, 3.05) is 20.3 Å². The van der Waals surface area contributed by atoms with Gasteiger partial charge >= 0.3 is 0 Å². The molecule has 1 saturated heterocycles. The topological polar surface area (TPSA) is 38.8 Å². The van der Waals surface area contributed by atoms with E-state index in [1.807, 2.05) is 17.9 Å². The van der Waals surface area contributed by atoms with Gasteiger partial charge in [0, 0.05) is 18.7 Å². The maximum absolute atomic E-state index is 12.3. The Kier molecular flexibility index (Phi) is 6.34. The van der Waals surface area contributed by atoms with Crippen LogP contribution in [0, 0.1) is 0 Å². The molecule has 0 aliphatic carbocycles. The molecule has 0 spiro atoms. The van der Waals surface area contributed by atoms with Crippen molar-refractivity contribution in [3.63, 3.8) is 0 Å². The fraction of sp³-hybridized carbons (Fsp3) is 0.500. The molecule has 2 rings (SSSR count). The molecule has 1 fully saturated rings. The quantitative estimate of drug-likeness (QED) is 0.757. The Hall–Kier alpha value is -1.68. The lowest BCUT2D eigenvalue weighted by Gasteiger charge is -2.32. The van der Waals surface area contributed by atoms with E-state index in [0.717, 1.165) is 24.9 Å². The number of benzene rings is 1. The normalized spacial score (nSPS) is 18.3. The third kappa shape index (κ3) is 4.41. The van der Waals surface area contributed by atoms with Crippen LogP contribution in [-0.2, 0) is 4.79 Å². The van der Waals surface area contributed by atoms with Crippen molar-refractivity contribution in [2.24, 2.45) is 0 Å². The molecule has 4 nitrogen and oxygen atoms in total. The average Bonchev–Trinajstić information content (AvgIpc) is 2.55. The molecule has 1 heterocycles. The number of hydrogen-bond acceptors (Lipinski definition) is 3. The molecule has 126 valence electrons. The third-order valence-corrected chi connectivity index (χ3v) is 4.33. The molecule has 1 aliphatic heterocycles. The SMILES string of the molecule is CCOc1c(Cl)cc(/C=C/C(=O)N2CCCCC2C)cc1OC. The van der Waals surface area contributed by atoms with Gasteiger partial charge in [-0.1, -0.05) is 11.6 Å². The number of rotatable bonds is 5. The van der Waals surface area contributed by atoms with E-state index in [1.165, 1.54) is 6.42 Å². The first-order chi connectivity index (χ1) is 11.1. The van der Waals surface area contributed by atoms with Crippen LogP contribution < -0.4 is 9.47 Å². The monoisotopic (exact) mass is 337 g/mol. The molecular formula is C18H24ClNO3. The number of carbonyl (C=O) groups is 1. The minimum Gasteiger partial charge on any atom is -0.493 e. The smallest absolute Gasteiger partial charge is 0.246 e. The summed E-state index contributed by atoms with van der Waals surface area (Å²) in [5, 5.41) is 0.477. The van der Waals surface area contributed by atoms with E-state index in [4.69, 9.17) is 21.1 Å². The summed E-state index contributed by atoms with van der Waals surface area (Å²) in [6.07, 6.45) is 6.72.